The van der Waals surface area contributed by atoms with E-state index in [1.165, 1.54) is 42.5 Å². The summed E-state index contributed by atoms with van der Waals surface area (Å²) in [5, 5.41) is 26.1. The molecule has 3 heterocycles. The Balaban J connectivity index is 1.69. The first-order chi connectivity index (χ1) is 14.3. The third kappa shape index (κ3) is 4.72. The molecule has 0 aliphatic carbocycles. The summed E-state index contributed by atoms with van der Waals surface area (Å²) < 4.78 is 0. The highest BCUT2D eigenvalue weighted by Gasteiger charge is 2.15. The third-order valence-corrected chi connectivity index (χ3v) is 3.61. The van der Waals surface area contributed by atoms with Crippen molar-refractivity contribution in [3.8, 4) is 0 Å². The van der Waals surface area contributed by atoms with Crippen molar-refractivity contribution in [3.63, 3.8) is 0 Å². The first-order valence-corrected chi connectivity index (χ1v) is 8.14. The number of amides is 2. The molecule has 0 aromatic carbocycles. The van der Waals surface area contributed by atoms with E-state index < -0.39 is 21.7 Å². The van der Waals surface area contributed by atoms with Crippen molar-refractivity contribution in [1.29, 1.82) is 0 Å². The normalized spacial score (nSPS) is 10.1. The molecule has 150 valence electrons. The second-order valence-corrected chi connectivity index (χ2v) is 5.63. The Hall–Kier alpha value is -4.81. The van der Waals surface area contributed by atoms with Gasteiger partial charge in [0.1, 0.15) is 35.4 Å². The molecule has 2 amide bonds. The van der Waals surface area contributed by atoms with Crippen LogP contribution in [0.3, 0.4) is 0 Å². The molecule has 0 atom stereocenters. The van der Waals surface area contributed by atoms with E-state index in [9.17, 15) is 29.8 Å². The smallest absolute Gasteiger partial charge is 0.287 e. The Bertz CT molecular complexity index is 1050. The van der Waals surface area contributed by atoms with Gasteiger partial charge in [-0.1, -0.05) is 6.07 Å². The topological polar surface area (TPSA) is 183 Å². The molecule has 3 aromatic rings. The van der Waals surface area contributed by atoms with Gasteiger partial charge in [0, 0.05) is 12.1 Å². The second kappa shape index (κ2) is 8.47. The van der Waals surface area contributed by atoms with Crippen molar-refractivity contribution in [3.05, 3.63) is 86.5 Å². The molecule has 13 heteroatoms. The van der Waals surface area contributed by atoms with Gasteiger partial charge in [-0.3, -0.25) is 29.8 Å². The quantitative estimate of drug-likeness (QED) is 0.455. The summed E-state index contributed by atoms with van der Waals surface area (Å²) >= 11 is 0. The Kier molecular flexibility index (Phi) is 5.63. The van der Waals surface area contributed by atoms with Gasteiger partial charge in [0.25, 0.3) is 23.2 Å². The largest absolute Gasteiger partial charge is 0.305 e. The van der Waals surface area contributed by atoms with Crippen LogP contribution in [0.15, 0.2) is 54.9 Å². The first kappa shape index (κ1) is 19.9. The number of pyridine rings is 3. The maximum Gasteiger partial charge on any atom is 0.287 e. The summed E-state index contributed by atoms with van der Waals surface area (Å²) in [4.78, 5) is 56.1. The molecule has 0 saturated heterocycles. The molecule has 0 fully saturated rings. The molecule has 0 spiro atoms. The first-order valence-electron chi connectivity index (χ1n) is 8.14. The highest BCUT2D eigenvalue weighted by molar-refractivity contribution is 6.05. The van der Waals surface area contributed by atoms with Crippen molar-refractivity contribution in [1.82, 2.24) is 15.0 Å². The van der Waals surface area contributed by atoms with Gasteiger partial charge in [-0.05, 0) is 24.3 Å². The Morgan fingerprint density at radius 2 is 1.17 bits per heavy atom. The summed E-state index contributed by atoms with van der Waals surface area (Å²) in [5.41, 5.74) is -0.659. The summed E-state index contributed by atoms with van der Waals surface area (Å²) in [6, 6.07) is 9.03. The minimum absolute atomic E-state index is 0.0670. The monoisotopic (exact) mass is 409 g/mol. The lowest BCUT2D eigenvalue weighted by Gasteiger charge is -2.06. The van der Waals surface area contributed by atoms with Crippen LogP contribution in [0.4, 0.5) is 23.0 Å². The van der Waals surface area contributed by atoms with Crippen molar-refractivity contribution >= 4 is 34.8 Å². The number of carbonyl (C=O) groups excluding carboxylic acids is 2. The molecule has 0 aliphatic rings. The van der Waals surface area contributed by atoms with Gasteiger partial charge in [-0.25, -0.2) is 15.0 Å². The van der Waals surface area contributed by atoms with Crippen LogP contribution in [0.25, 0.3) is 0 Å². The lowest BCUT2D eigenvalue weighted by Crippen LogP contribution is -2.19. The number of carbonyl (C=O) groups is 2. The van der Waals surface area contributed by atoms with E-state index in [1.807, 2.05) is 0 Å². The van der Waals surface area contributed by atoms with Crippen LogP contribution in [0, 0.1) is 20.2 Å². The molecule has 3 rings (SSSR count). The standard InChI is InChI=1S/C17H11N7O6/c25-16(21-14-6-4-10(8-18-14)23(27)28)12-2-1-3-13(20-12)17(26)22-15-7-5-11(9-19-15)24(29)30/h1-9H,(H,18,21,25)(H,19,22,26). The third-order valence-electron chi connectivity index (χ3n) is 3.61. The lowest BCUT2D eigenvalue weighted by atomic mass is 10.2. The van der Waals surface area contributed by atoms with Gasteiger partial charge in [0.15, 0.2) is 0 Å². The zero-order valence-corrected chi connectivity index (χ0v) is 14.9. The molecule has 0 aliphatic heterocycles. The van der Waals surface area contributed by atoms with Crippen molar-refractivity contribution in [2.24, 2.45) is 0 Å². The minimum atomic E-state index is -0.681. The fourth-order valence-corrected chi connectivity index (χ4v) is 2.18. The van der Waals surface area contributed by atoms with E-state index >= 15 is 0 Å². The van der Waals surface area contributed by atoms with Crippen LogP contribution in [0.5, 0.6) is 0 Å². The highest BCUT2D eigenvalue weighted by Crippen LogP contribution is 2.14. The number of nitrogens with one attached hydrogen (secondary N) is 2. The number of hydrogen-bond acceptors (Lipinski definition) is 9. The zero-order valence-electron chi connectivity index (χ0n) is 14.9. The molecule has 0 unspecified atom stereocenters. The molecule has 30 heavy (non-hydrogen) atoms. The van der Waals surface area contributed by atoms with Gasteiger partial charge in [0.2, 0.25) is 0 Å². The molecule has 3 aromatic heterocycles. The average molecular weight is 409 g/mol. The summed E-state index contributed by atoms with van der Waals surface area (Å²) in [6.07, 6.45) is 1.98. The van der Waals surface area contributed by atoms with Gasteiger partial charge in [-0.15, -0.1) is 0 Å². The molecule has 0 radical (unpaired) electrons. The van der Waals surface area contributed by atoms with Crippen LogP contribution in [-0.4, -0.2) is 36.6 Å². The number of aromatic nitrogens is 3. The Morgan fingerprint density at radius 3 is 1.50 bits per heavy atom. The maximum absolute atomic E-state index is 12.3. The van der Waals surface area contributed by atoms with Gasteiger partial charge in [-0.2, -0.15) is 0 Å². The molecule has 0 saturated carbocycles. The average Bonchev–Trinajstić information content (AvgIpc) is 2.74. The van der Waals surface area contributed by atoms with Crippen molar-refractivity contribution in [2.45, 2.75) is 0 Å². The zero-order chi connectivity index (χ0) is 21.7. The molecule has 2 N–H and O–H groups in total. The molecular formula is C17H11N7O6. The number of nitrogens with zero attached hydrogens (tertiary/aromatic N) is 5. The number of nitro groups is 2. The van der Waals surface area contributed by atoms with Gasteiger partial charge in [0.05, 0.1) is 9.85 Å². The predicted octanol–water partition coefficient (Wildman–Crippen LogP) is 2.19. The van der Waals surface area contributed by atoms with E-state index in [0.29, 0.717) is 0 Å². The van der Waals surface area contributed by atoms with Crippen LogP contribution < -0.4 is 10.6 Å². The van der Waals surface area contributed by atoms with Crippen LogP contribution in [0.1, 0.15) is 21.0 Å². The van der Waals surface area contributed by atoms with E-state index in [2.05, 4.69) is 25.6 Å². The Labute approximate surface area is 167 Å². The minimum Gasteiger partial charge on any atom is -0.305 e. The lowest BCUT2D eigenvalue weighted by molar-refractivity contribution is -0.385. The summed E-state index contributed by atoms with van der Waals surface area (Å²) in [6.45, 7) is 0. The van der Waals surface area contributed by atoms with Crippen LogP contribution in [-0.2, 0) is 0 Å². The second-order valence-electron chi connectivity index (χ2n) is 5.63. The Morgan fingerprint density at radius 1 is 0.733 bits per heavy atom. The van der Waals surface area contributed by atoms with Crippen LogP contribution in [0.2, 0.25) is 0 Å². The van der Waals surface area contributed by atoms with Gasteiger partial charge < -0.3 is 10.6 Å². The predicted molar refractivity (Wildman–Crippen MR) is 102 cm³/mol. The molecule has 13 nitrogen and oxygen atoms in total. The SMILES string of the molecule is O=C(Nc1ccc([N+](=O)[O-])cn1)c1cccc(C(=O)Nc2ccc([N+](=O)[O-])cn2)n1. The van der Waals surface area contributed by atoms with Crippen LogP contribution >= 0.6 is 0 Å². The summed E-state index contributed by atoms with van der Waals surface area (Å²) in [5.74, 6) is -1.23. The van der Waals surface area contributed by atoms with Crippen molar-refractivity contribution < 1.29 is 19.4 Å². The molecular weight excluding hydrogens is 398 g/mol. The van der Waals surface area contributed by atoms with Crippen molar-refractivity contribution in [2.75, 3.05) is 10.6 Å². The van der Waals surface area contributed by atoms with E-state index in [4.69, 9.17) is 0 Å². The van der Waals surface area contributed by atoms with Gasteiger partial charge >= 0.3 is 0 Å². The highest BCUT2D eigenvalue weighted by atomic mass is 16.6. The number of rotatable bonds is 6. The number of anilines is 2. The van der Waals surface area contributed by atoms with E-state index in [1.54, 1.807) is 0 Å². The fourth-order valence-electron chi connectivity index (χ4n) is 2.18. The maximum atomic E-state index is 12.3. The summed E-state index contributed by atoms with van der Waals surface area (Å²) in [7, 11) is 0. The van der Waals surface area contributed by atoms with E-state index in [0.717, 1.165) is 12.4 Å². The fraction of sp³-hybridized carbons (Fsp3) is 0. The molecule has 0 bridgehead atoms. The van der Waals surface area contributed by atoms with E-state index in [-0.39, 0.29) is 34.4 Å². The number of hydrogen-bond donors (Lipinski definition) is 2.